The fraction of sp³-hybridized carbons (Fsp3) is 0.556. The molecule has 0 saturated carbocycles. The molecule has 0 saturated heterocycles. The molecule has 0 radical (unpaired) electrons. The maximum atomic E-state index is 11.6. The average molecular weight is 307 g/mol. The SMILES string of the molecule is CCCCCn1cnc(N)c(I)c1=O. The van der Waals surface area contributed by atoms with Gasteiger partial charge in [-0.1, -0.05) is 19.8 Å². The zero-order chi connectivity index (χ0) is 10.6. The molecule has 0 aliphatic rings. The van der Waals surface area contributed by atoms with Gasteiger partial charge < -0.3 is 5.73 Å². The number of halogens is 1. The fourth-order valence-corrected chi connectivity index (χ4v) is 1.62. The van der Waals surface area contributed by atoms with Crippen molar-refractivity contribution in [2.45, 2.75) is 32.7 Å². The monoisotopic (exact) mass is 307 g/mol. The third kappa shape index (κ3) is 2.70. The Bertz CT molecular complexity index is 362. The lowest BCUT2D eigenvalue weighted by molar-refractivity contribution is 0.578. The minimum Gasteiger partial charge on any atom is -0.383 e. The largest absolute Gasteiger partial charge is 0.383 e. The molecule has 0 bridgehead atoms. The number of anilines is 1. The maximum Gasteiger partial charge on any atom is 0.268 e. The fourth-order valence-electron chi connectivity index (χ4n) is 1.17. The zero-order valence-electron chi connectivity index (χ0n) is 8.16. The smallest absolute Gasteiger partial charge is 0.268 e. The minimum absolute atomic E-state index is 0.0331. The Balaban J connectivity index is 2.79. The van der Waals surface area contributed by atoms with Gasteiger partial charge in [0.05, 0.1) is 6.33 Å². The molecule has 78 valence electrons. The van der Waals surface area contributed by atoms with Crippen LogP contribution in [0, 0.1) is 3.57 Å². The maximum absolute atomic E-state index is 11.6. The predicted octanol–water partition coefficient (Wildman–Crippen LogP) is 1.62. The number of nitrogens with two attached hydrogens (primary N) is 1. The van der Waals surface area contributed by atoms with Crippen LogP contribution in [0.5, 0.6) is 0 Å². The highest BCUT2D eigenvalue weighted by Gasteiger charge is 2.04. The van der Waals surface area contributed by atoms with Gasteiger partial charge in [0.1, 0.15) is 9.39 Å². The Morgan fingerprint density at radius 3 is 2.93 bits per heavy atom. The van der Waals surface area contributed by atoms with Crippen molar-refractivity contribution < 1.29 is 0 Å². The van der Waals surface area contributed by atoms with Crippen LogP contribution in [0.15, 0.2) is 11.1 Å². The van der Waals surface area contributed by atoms with E-state index < -0.39 is 0 Å². The van der Waals surface area contributed by atoms with Crippen LogP contribution < -0.4 is 11.3 Å². The first-order valence-corrected chi connectivity index (χ1v) is 5.75. The van der Waals surface area contributed by atoms with Gasteiger partial charge in [-0.25, -0.2) is 4.98 Å². The van der Waals surface area contributed by atoms with E-state index in [-0.39, 0.29) is 5.56 Å². The summed E-state index contributed by atoms with van der Waals surface area (Å²) in [6.45, 7) is 2.86. The van der Waals surface area contributed by atoms with E-state index in [4.69, 9.17) is 5.73 Å². The molecule has 0 unspecified atom stereocenters. The first-order valence-electron chi connectivity index (χ1n) is 4.67. The molecule has 0 aliphatic carbocycles. The molecule has 0 amide bonds. The zero-order valence-corrected chi connectivity index (χ0v) is 10.3. The third-order valence-electron chi connectivity index (χ3n) is 2.01. The van der Waals surface area contributed by atoms with Crippen molar-refractivity contribution in [1.29, 1.82) is 0 Å². The van der Waals surface area contributed by atoms with E-state index in [1.807, 2.05) is 22.6 Å². The van der Waals surface area contributed by atoms with Crippen molar-refractivity contribution in [3.05, 3.63) is 20.3 Å². The second kappa shape index (κ2) is 5.33. The molecule has 0 aromatic carbocycles. The molecule has 0 aliphatic heterocycles. The van der Waals surface area contributed by atoms with E-state index in [0.29, 0.717) is 9.39 Å². The predicted molar refractivity (Wildman–Crippen MR) is 65.2 cm³/mol. The van der Waals surface area contributed by atoms with Crippen LogP contribution in [0.4, 0.5) is 5.82 Å². The number of aryl methyl sites for hydroxylation is 1. The lowest BCUT2D eigenvalue weighted by atomic mass is 10.2. The second-order valence-electron chi connectivity index (χ2n) is 3.15. The molecular formula is C9H14IN3O. The highest BCUT2D eigenvalue weighted by Crippen LogP contribution is 2.05. The Kier molecular flexibility index (Phi) is 4.37. The van der Waals surface area contributed by atoms with Crippen LogP contribution in [0.1, 0.15) is 26.2 Å². The van der Waals surface area contributed by atoms with Crippen molar-refractivity contribution in [2.24, 2.45) is 0 Å². The van der Waals surface area contributed by atoms with Crippen LogP contribution in [0.2, 0.25) is 0 Å². The van der Waals surface area contributed by atoms with Crippen LogP contribution in [0.3, 0.4) is 0 Å². The van der Waals surface area contributed by atoms with E-state index >= 15 is 0 Å². The van der Waals surface area contributed by atoms with Gasteiger partial charge >= 0.3 is 0 Å². The van der Waals surface area contributed by atoms with Gasteiger partial charge in [-0.15, -0.1) is 0 Å². The summed E-state index contributed by atoms with van der Waals surface area (Å²) in [7, 11) is 0. The van der Waals surface area contributed by atoms with Gasteiger partial charge in [-0.05, 0) is 29.0 Å². The molecule has 2 N–H and O–H groups in total. The van der Waals surface area contributed by atoms with Crippen LogP contribution in [0.25, 0.3) is 0 Å². The van der Waals surface area contributed by atoms with Crippen LogP contribution in [-0.4, -0.2) is 9.55 Å². The van der Waals surface area contributed by atoms with E-state index in [1.165, 1.54) is 6.33 Å². The first kappa shape index (κ1) is 11.5. The number of hydrogen-bond donors (Lipinski definition) is 1. The number of nitrogen functional groups attached to an aromatic ring is 1. The Morgan fingerprint density at radius 2 is 2.29 bits per heavy atom. The molecular weight excluding hydrogens is 293 g/mol. The summed E-state index contributed by atoms with van der Waals surface area (Å²) in [5, 5.41) is 0. The minimum atomic E-state index is -0.0331. The van der Waals surface area contributed by atoms with Crippen molar-refractivity contribution in [3.8, 4) is 0 Å². The summed E-state index contributed by atoms with van der Waals surface area (Å²) in [6, 6.07) is 0. The van der Waals surface area contributed by atoms with Crippen molar-refractivity contribution in [3.63, 3.8) is 0 Å². The summed E-state index contributed by atoms with van der Waals surface area (Å²) in [6.07, 6.45) is 4.81. The van der Waals surface area contributed by atoms with Gasteiger partial charge in [0.15, 0.2) is 0 Å². The topological polar surface area (TPSA) is 60.9 Å². The van der Waals surface area contributed by atoms with Crippen molar-refractivity contribution in [2.75, 3.05) is 5.73 Å². The molecule has 0 spiro atoms. The molecule has 1 heterocycles. The summed E-state index contributed by atoms with van der Waals surface area (Å²) < 4.78 is 2.13. The Morgan fingerprint density at radius 1 is 1.57 bits per heavy atom. The van der Waals surface area contributed by atoms with Crippen molar-refractivity contribution >= 4 is 28.4 Å². The standard InChI is InChI=1S/C9H14IN3O/c1-2-3-4-5-13-6-12-8(11)7(10)9(13)14/h6H,2-5,11H2,1H3. The number of unbranched alkanes of at least 4 members (excludes halogenated alkanes) is 2. The number of aromatic nitrogens is 2. The lowest BCUT2D eigenvalue weighted by Crippen LogP contribution is -2.24. The van der Waals surface area contributed by atoms with Gasteiger partial charge in [-0.3, -0.25) is 9.36 Å². The molecule has 1 aromatic rings. The molecule has 4 nitrogen and oxygen atoms in total. The quantitative estimate of drug-likeness (QED) is 0.679. The highest BCUT2D eigenvalue weighted by atomic mass is 127. The number of hydrogen-bond acceptors (Lipinski definition) is 3. The third-order valence-corrected chi connectivity index (χ3v) is 3.03. The Hall–Kier alpha value is -0.590. The molecule has 0 fully saturated rings. The van der Waals surface area contributed by atoms with Crippen molar-refractivity contribution in [1.82, 2.24) is 9.55 Å². The normalized spacial score (nSPS) is 10.4. The average Bonchev–Trinajstić information content (AvgIpc) is 2.18. The van der Waals surface area contributed by atoms with Gasteiger partial charge in [0.25, 0.3) is 5.56 Å². The number of nitrogens with zero attached hydrogens (tertiary/aromatic N) is 2. The van der Waals surface area contributed by atoms with Gasteiger partial charge in [-0.2, -0.15) is 0 Å². The van der Waals surface area contributed by atoms with Crippen LogP contribution in [-0.2, 0) is 6.54 Å². The van der Waals surface area contributed by atoms with Gasteiger partial charge in [0.2, 0.25) is 0 Å². The molecule has 1 rings (SSSR count). The lowest BCUT2D eigenvalue weighted by Gasteiger charge is -2.05. The van der Waals surface area contributed by atoms with E-state index in [9.17, 15) is 4.79 Å². The number of rotatable bonds is 4. The summed E-state index contributed by atoms with van der Waals surface area (Å²) in [5.74, 6) is 0.322. The molecule has 5 heteroatoms. The molecule has 1 aromatic heterocycles. The first-order chi connectivity index (χ1) is 6.66. The molecule has 14 heavy (non-hydrogen) atoms. The van der Waals surface area contributed by atoms with E-state index in [0.717, 1.165) is 25.8 Å². The Labute approximate surface area is 96.7 Å². The summed E-state index contributed by atoms with van der Waals surface area (Å²) >= 11 is 1.93. The van der Waals surface area contributed by atoms with Crippen LogP contribution >= 0.6 is 22.6 Å². The summed E-state index contributed by atoms with van der Waals surface area (Å²) in [4.78, 5) is 15.6. The van der Waals surface area contributed by atoms with E-state index in [2.05, 4.69) is 11.9 Å². The van der Waals surface area contributed by atoms with Gasteiger partial charge in [0, 0.05) is 6.54 Å². The second-order valence-corrected chi connectivity index (χ2v) is 4.23. The molecule has 0 atom stereocenters. The summed E-state index contributed by atoms with van der Waals surface area (Å²) in [5.41, 5.74) is 5.48. The van der Waals surface area contributed by atoms with E-state index in [1.54, 1.807) is 4.57 Å². The highest BCUT2D eigenvalue weighted by molar-refractivity contribution is 14.1.